The smallest absolute Gasteiger partial charge is 0.251 e. The molecule has 1 fully saturated rings. The largest absolute Gasteiger partial charge is 0.366 e. The first-order chi connectivity index (χ1) is 13.7. The highest BCUT2D eigenvalue weighted by Crippen LogP contribution is 2.25. The first-order valence-electron chi connectivity index (χ1n) is 8.84. The van der Waals surface area contributed by atoms with Crippen LogP contribution in [0.3, 0.4) is 0 Å². The minimum Gasteiger partial charge on any atom is -0.366 e. The van der Waals surface area contributed by atoms with Gasteiger partial charge in [-0.3, -0.25) is 9.59 Å². The molecule has 1 heterocycles. The number of amides is 2. The van der Waals surface area contributed by atoms with Crippen molar-refractivity contribution in [2.24, 2.45) is 11.7 Å². The summed E-state index contributed by atoms with van der Waals surface area (Å²) >= 11 is 0. The Morgan fingerprint density at radius 1 is 1.10 bits per heavy atom. The molecule has 1 saturated heterocycles. The summed E-state index contributed by atoms with van der Waals surface area (Å²) in [5.74, 6) is -3.40. The van der Waals surface area contributed by atoms with E-state index in [1.807, 2.05) is 0 Å². The number of anilines is 1. The lowest BCUT2D eigenvalue weighted by Gasteiger charge is -2.31. The minimum absolute atomic E-state index is 0.0462. The molecule has 29 heavy (non-hydrogen) atoms. The average Bonchev–Trinajstić information content (AvgIpc) is 2.69. The Kier molecular flexibility index (Phi) is 5.94. The molecule has 2 amide bonds. The van der Waals surface area contributed by atoms with E-state index in [1.54, 1.807) is 0 Å². The van der Waals surface area contributed by atoms with Crippen LogP contribution < -0.4 is 11.1 Å². The highest BCUT2D eigenvalue weighted by molar-refractivity contribution is 7.89. The van der Waals surface area contributed by atoms with Gasteiger partial charge in [0.1, 0.15) is 11.6 Å². The molecule has 2 aromatic carbocycles. The molecule has 10 heteroatoms. The summed E-state index contributed by atoms with van der Waals surface area (Å²) in [5, 5.41) is 2.57. The van der Waals surface area contributed by atoms with Gasteiger partial charge in [-0.25, -0.2) is 17.2 Å². The molecular weight excluding hydrogens is 404 g/mol. The Morgan fingerprint density at radius 3 is 2.45 bits per heavy atom. The molecule has 1 unspecified atom stereocenters. The van der Waals surface area contributed by atoms with Crippen LogP contribution in [-0.2, 0) is 14.8 Å². The summed E-state index contributed by atoms with van der Waals surface area (Å²) in [6.45, 7) is 0.196. The van der Waals surface area contributed by atoms with Crippen LogP contribution in [0.1, 0.15) is 23.2 Å². The standard InChI is InChI=1S/C19H19F2N3O4S/c20-13-3-6-15(7-4-13)29(27,28)24-9-1-2-12(11-24)19(26)23-14-5-8-17(21)16(10-14)18(22)25/h3-8,10,12H,1-2,9,11H2,(H2,22,25)(H,23,26). The Hall–Kier alpha value is -2.85. The van der Waals surface area contributed by atoms with Gasteiger partial charge >= 0.3 is 0 Å². The first kappa shape index (κ1) is 20.9. The molecule has 0 spiro atoms. The number of primary amides is 1. The second-order valence-electron chi connectivity index (χ2n) is 6.70. The van der Waals surface area contributed by atoms with Crippen LogP contribution in [0.2, 0.25) is 0 Å². The third kappa shape index (κ3) is 4.60. The fourth-order valence-corrected chi connectivity index (χ4v) is 4.69. The number of hydrogen-bond acceptors (Lipinski definition) is 4. The predicted octanol–water partition coefficient (Wildman–Crippen LogP) is 2.10. The van der Waals surface area contributed by atoms with E-state index in [9.17, 15) is 26.8 Å². The molecule has 0 bridgehead atoms. The maximum absolute atomic E-state index is 13.6. The zero-order valence-corrected chi connectivity index (χ0v) is 16.1. The van der Waals surface area contributed by atoms with Gasteiger partial charge in [0.05, 0.1) is 16.4 Å². The van der Waals surface area contributed by atoms with E-state index in [2.05, 4.69) is 5.32 Å². The maximum atomic E-state index is 13.6. The summed E-state index contributed by atoms with van der Waals surface area (Å²) in [5.41, 5.74) is 4.93. The number of nitrogens with one attached hydrogen (secondary N) is 1. The molecule has 154 valence electrons. The minimum atomic E-state index is -3.87. The molecule has 3 rings (SSSR count). The molecule has 3 N–H and O–H groups in total. The van der Waals surface area contributed by atoms with E-state index in [0.29, 0.717) is 12.8 Å². The number of nitrogens with two attached hydrogens (primary N) is 1. The number of carbonyl (C=O) groups is 2. The van der Waals surface area contributed by atoms with Crippen molar-refractivity contribution in [3.63, 3.8) is 0 Å². The summed E-state index contributed by atoms with van der Waals surface area (Å²) in [4.78, 5) is 23.8. The summed E-state index contributed by atoms with van der Waals surface area (Å²) in [7, 11) is -3.87. The Labute approximate surface area is 166 Å². The van der Waals surface area contributed by atoms with Gasteiger partial charge in [-0.2, -0.15) is 4.31 Å². The Balaban J connectivity index is 1.73. The third-order valence-electron chi connectivity index (χ3n) is 4.71. The van der Waals surface area contributed by atoms with E-state index in [1.165, 1.54) is 22.5 Å². The van der Waals surface area contributed by atoms with Gasteiger partial charge in [0.25, 0.3) is 5.91 Å². The maximum Gasteiger partial charge on any atom is 0.251 e. The van der Waals surface area contributed by atoms with Gasteiger partial charge < -0.3 is 11.1 Å². The van der Waals surface area contributed by atoms with Crippen LogP contribution in [-0.4, -0.2) is 37.6 Å². The quantitative estimate of drug-likeness (QED) is 0.767. The zero-order valence-electron chi connectivity index (χ0n) is 15.3. The number of sulfonamides is 1. The zero-order chi connectivity index (χ0) is 21.2. The van der Waals surface area contributed by atoms with Crippen LogP contribution in [0.25, 0.3) is 0 Å². The van der Waals surface area contributed by atoms with E-state index in [4.69, 9.17) is 5.73 Å². The summed E-state index contributed by atoms with van der Waals surface area (Å²) in [6, 6.07) is 7.91. The second-order valence-corrected chi connectivity index (χ2v) is 8.64. The molecule has 1 atom stereocenters. The number of piperidine rings is 1. The van der Waals surface area contributed by atoms with Gasteiger partial charge in [-0.15, -0.1) is 0 Å². The third-order valence-corrected chi connectivity index (χ3v) is 6.59. The summed E-state index contributed by atoms with van der Waals surface area (Å²) in [6.07, 6.45) is 0.930. The molecular formula is C19H19F2N3O4S. The number of nitrogens with zero attached hydrogens (tertiary/aromatic N) is 1. The van der Waals surface area contributed by atoms with Crippen LogP contribution in [0.4, 0.5) is 14.5 Å². The monoisotopic (exact) mass is 423 g/mol. The first-order valence-corrected chi connectivity index (χ1v) is 10.3. The highest BCUT2D eigenvalue weighted by atomic mass is 32.2. The lowest BCUT2D eigenvalue weighted by Crippen LogP contribution is -2.43. The average molecular weight is 423 g/mol. The lowest BCUT2D eigenvalue weighted by molar-refractivity contribution is -0.120. The Morgan fingerprint density at radius 2 is 1.79 bits per heavy atom. The van der Waals surface area contributed by atoms with E-state index < -0.39 is 39.4 Å². The van der Waals surface area contributed by atoms with Crippen molar-refractivity contribution in [1.82, 2.24) is 4.31 Å². The van der Waals surface area contributed by atoms with E-state index in [-0.39, 0.29) is 29.2 Å². The molecule has 1 aliphatic heterocycles. The number of rotatable bonds is 5. The van der Waals surface area contributed by atoms with Gasteiger partial charge in [0.15, 0.2) is 0 Å². The molecule has 2 aromatic rings. The van der Waals surface area contributed by atoms with Crippen molar-refractivity contribution >= 4 is 27.5 Å². The van der Waals surface area contributed by atoms with Crippen LogP contribution in [0.15, 0.2) is 47.4 Å². The normalized spacial score (nSPS) is 17.7. The number of hydrogen-bond donors (Lipinski definition) is 2. The molecule has 0 aromatic heterocycles. The van der Waals surface area contributed by atoms with Gasteiger partial charge in [-0.05, 0) is 55.3 Å². The van der Waals surface area contributed by atoms with E-state index in [0.717, 1.165) is 24.3 Å². The molecule has 7 nitrogen and oxygen atoms in total. The van der Waals surface area contributed by atoms with Crippen molar-refractivity contribution in [3.05, 3.63) is 59.7 Å². The number of benzene rings is 2. The second kappa shape index (κ2) is 8.26. The fraction of sp³-hybridized carbons (Fsp3) is 0.263. The van der Waals surface area contributed by atoms with Crippen molar-refractivity contribution in [2.75, 3.05) is 18.4 Å². The molecule has 0 radical (unpaired) electrons. The summed E-state index contributed by atoms with van der Waals surface area (Å²) < 4.78 is 53.4. The molecule has 1 aliphatic rings. The van der Waals surface area contributed by atoms with Crippen LogP contribution in [0, 0.1) is 17.6 Å². The highest BCUT2D eigenvalue weighted by Gasteiger charge is 2.33. The van der Waals surface area contributed by atoms with Crippen molar-refractivity contribution < 1.29 is 26.8 Å². The predicted molar refractivity (Wildman–Crippen MR) is 101 cm³/mol. The van der Waals surface area contributed by atoms with Crippen LogP contribution in [0.5, 0.6) is 0 Å². The number of carbonyl (C=O) groups excluding carboxylic acids is 2. The van der Waals surface area contributed by atoms with Crippen molar-refractivity contribution in [1.29, 1.82) is 0 Å². The topological polar surface area (TPSA) is 110 Å². The molecule has 0 saturated carbocycles. The van der Waals surface area contributed by atoms with Crippen LogP contribution >= 0.6 is 0 Å². The van der Waals surface area contributed by atoms with E-state index >= 15 is 0 Å². The lowest BCUT2D eigenvalue weighted by atomic mass is 9.98. The van der Waals surface area contributed by atoms with Gasteiger partial charge in [0, 0.05) is 18.8 Å². The fourth-order valence-electron chi connectivity index (χ4n) is 3.17. The SMILES string of the molecule is NC(=O)c1cc(NC(=O)C2CCCN(S(=O)(=O)c3ccc(F)cc3)C2)ccc1F. The van der Waals surface area contributed by atoms with Crippen molar-refractivity contribution in [3.8, 4) is 0 Å². The molecule has 0 aliphatic carbocycles. The Bertz CT molecular complexity index is 1040. The van der Waals surface area contributed by atoms with Crippen molar-refractivity contribution in [2.45, 2.75) is 17.7 Å². The number of halogens is 2. The van der Waals surface area contributed by atoms with Gasteiger partial charge in [0.2, 0.25) is 15.9 Å². The van der Waals surface area contributed by atoms with Gasteiger partial charge in [-0.1, -0.05) is 0 Å².